The molecule has 0 bridgehead atoms. The predicted molar refractivity (Wildman–Crippen MR) is 94.0 cm³/mol. The smallest absolute Gasteiger partial charge is 0.251 e. The van der Waals surface area contributed by atoms with E-state index in [0.717, 1.165) is 25.1 Å². The second-order valence-corrected chi connectivity index (χ2v) is 6.93. The number of fused-ring (bicyclic) bond motifs is 1. The van der Waals surface area contributed by atoms with Crippen molar-refractivity contribution in [1.82, 2.24) is 20.5 Å². The van der Waals surface area contributed by atoms with Gasteiger partial charge in [-0.1, -0.05) is 18.2 Å². The Bertz CT molecular complexity index is 785. The quantitative estimate of drug-likeness (QED) is 0.796. The Morgan fingerprint density at radius 2 is 2.28 bits per heavy atom. The number of rotatable bonds is 4. The minimum absolute atomic E-state index is 0.0413. The summed E-state index contributed by atoms with van der Waals surface area (Å²) in [5.74, 6) is 0.956. The van der Waals surface area contributed by atoms with Crippen LogP contribution in [0.25, 0.3) is 6.08 Å². The van der Waals surface area contributed by atoms with E-state index in [0.29, 0.717) is 18.5 Å². The lowest BCUT2D eigenvalue weighted by atomic mass is 9.95. The average molecular weight is 338 g/mol. The second-order valence-electron chi connectivity index (χ2n) is 6.93. The predicted octanol–water partition coefficient (Wildman–Crippen LogP) is 2.05. The molecule has 2 aliphatic carbocycles. The van der Waals surface area contributed by atoms with Crippen LogP contribution >= 0.6 is 0 Å². The first-order chi connectivity index (χ1) is 12.2. The Balaban J connectivity index is 1.36. The molecule has 0 aliphatic heterocycles. The van der Waals surface area contributed by atoms with E-state index in [1.54, 1.807) is 0 Å². The van der Waals surface area contributed by atoms with Gasteiger partial charge in [-0.05, 0) is 48.9 Å². The zero-order chi connectivity index (χ0) is 17.2. The molecule has 3 atom stereocenters. The number of nitrogens with zero attached hydrogens (tertiary/aromatic N) is 2. The number of aryl methyl sites for hydroxylation is 1. The summed E-state index contributed by atoms with van der Waals surface area (Å²) in [7, 11) is 0. The molecule has 1 saturated carbocycles. The Labute approximate surface area is 146 Å². The molecule has 4 rings (SSSR count). The zero-order valence-electron chi connectivity index (χ0n) is 14.0. The Morgan fingerprint density at radius 1 is 1.36 bits per heavy atom. The van der Waals surface area contributed by atoms with Crippen LogP contribution < -0.4 is 5.32 Å². The topological polar surface area (TPSA) is 90.9 Å². The van der Waals surface area contributed by atoms with Gasteiger partial charge < -0.3 is 10.4 Å². The minimum Gasteiger partial charge on any atom is -0.393 e. The molecule has 1 aromatic carbocycles. The van der Waals surface area contributed by atoms with Crippen molar-refractivity contribution in [3.05, 3.63) is 53.1 Å². The lowest BCUT2D eigenvalue weighted by molar-refractivity contribution is 0.0916. The maximum Gasteiger partial charge on any atom is 0.251 e. The molecule has 6 heteroatoms. The van der Waals surface area contributed by atoms with Gasteiger partial charge >= 0.3 is 0 Å². The van der Waals surface area contributed by atoms with E-state index in [2.05, 4.69) is 32.7 Å². The highest BCUT2D eigenvalue weighted by Crippen LogP contribution is 2.36. The minimum atomic E-state index is -0.427. The van der Waals surface area contributed by atoms with Gasteiger partial charge in [0.1, 0.15) is 12.2 Å². The molecule has 3 N–H and O–H groups in total. The number of carbonyl (C=O) groups is 1. The number of nitrogens with one attached hydrogen (secondary N) is 2. The van der Waals surface area contributed by atoms with E-state index < -0.39 is 6.10 Å². The molecule has 1 fully saturated rings. The van der Waals surface area contributed by atoms with Gasteiger partial charge in [0, 0.05) is 23.9 Å². The van der Waals surface area contributed by atoms with E-state index in [9.17, 15) is 9.90 Å². The molecule has 2 aliphatic rings. The molecule has 0 spiro atoms. The summed E-state index contributed by atoms with van der Waals surface area (Å²) in [6.45, 7) is 0.474. The number of benzene rings is 1. The molecule has 25 heavy (non-hydrogen) atoms. The number of hydrogen-bond acceptors (Lipinski definition) is 4. The van der Waals surface area contributed by atoms with Crippen LogP contribution in [-0.2, 0) is 6.42 Å². The van der Waals surface area contributed by atoms with Crippen molar-refractivity contribution < 1.29 is 9.90 Å². The van der Waals surface area contributed by atoms with Crippen molar-refractivity contribution >= 4 is 12.0 Å². The maximum atomic E-state index is 12.5. The van der Waals surface area contributed by atoms with Gasteiger partial charge in [0.25, 0.3) is 5.91 Å². The third-order valence-electron chi connectivity index (χ3n) is 5.29. The molecule has 130 valence electrons. The number of H-pyrrole nitrogens is 1. The van der Waals surface area contributed by atoms with E-state index in [4.69, 9.17) is 0 Å². The number of hydrogen-bond donors (Lipinski definition) is 3. The molecule has 1 heterocycles. The largest absolute Gasteiger partial charge is 0.393 e. The maximum absolute atomic E-state index is 12.5. The van der Waals surface area contributed by atoms with Crippen LogP contribution in [-0.4, -0.2) is 38.8 Å². The summed E-state index contributed by atoms with van der Waals surface area (Å²) in [6, 6.07) is 5.85. The summed E-state index contributed by atoms with van der Waals surface area (Å²) < 4.78 is 0. The van der Waals surface area contributed by atoms with Crippen molar-refractivity contribution in [2.45, 2.75) is 37.7 Å². The Hall–Kier alpha value is -2.47. The fraction of sp³-hybridized carbons (Fsp3) is 0.421. The van der Waals surface area contributed by atoms with Crippen LogP contribution in [0.2, 0.25) is 0 Å². The summed E-state index contributed by atoms with van der Waals surface area (Å²) in [5, 5.41) is 20.0. The average Bonchev–Trinajstić information content (AvgIpc) is 3.29. The molecule has 0 saturated heterocycles. The van der Waals surface area contributed by atoms with Crippen LogP contribution in [0.1, 0.15) is 52.5 Å². The SMILES string of the molecule is O=C(NC[C@@H]1C[C@@H](c2ncn[nH]2)C[C@@H]1O)c1ccc2c(c1)CCC=C2. The zero-order valence-corrected chi connectivity index (χ0v) is 14.0. The van der Waals surface area contributed by atoms with Crippen LogP contribution in [0.3, 0.4) is 0 Å². The fourth-order valence-corrected chi connectivity index (χ4v) is 3.86. The van der Waals surface area contributed by atoms with Gasteiger partial charge in [-0.2, -0.15) is 5.10 Å². The number of aliphatic hydroxyl groups is 1. The Morgan fingerprint density at radius 3 is 3.12 bits per heavy atom. The lowest BCUT2D eigenvalue weighted by Crippen LogP contribution is -2.32. The lowest BCUT2D eigenvalue weighted by Gasteiger charge is -2.16. The summed E-state index contributed by atoms with van der Waals surface area (Å²) in [5.41, 5.74) is 3.11. The molecular formula is C19H22N4O2. The van der Waals surface area contributed by atoms with Crippen molar-refractivity contribution in [3.63, 3.8) is 0 Å². The highest BCUT2D eigenvalue weighted by molar-refractivity contribution is 5.94. The molecule has 0 radical (unpaired) electrons. The van der Waals surface area contributed by atoms with E-state index >= 15 is 0 Å². The van der Waals surface area contributed by atoms with Crippen LogP contribution in [0.4, 0.5) is 0 Å². The number of allylic oxidation sites excluding steroid dienone is 1. The summed E-state index contributed by atoms with van der Waals surface area (Å²) in [4.78, 5) is 16.6. The van der Waals surface area contributed by atoms with Gasteiger partial charge in [0.2, 0.25) is 0 Å². The molecule has 1 aromatic heterocycles. The molecule has 6 nitrogen and oxygen atoms in total. The van der Waals surface area contributed by atoms with Crippen LogP contribution in [0.5, 0.6) is 0 Å². The van der Waals surface area contributed by atoms with E-state index in [-0.39, 0.29) is 17.7 Å². The fourth-order valence-electron chi connectivity index (χ4n) is 3.86. The van der Waals surface area contributed by atoms with Crippen molar-refractivity contribution in [2.75, 3.05) is 6.54 Å². The highest BCUT2D eigenvalue weighted by atomic mass is 16.3. The van der Waals surface area contributed by atoms with Crippen molar-refractivity contribution in [2.24, 2.45) is 5.92 Å². The van der Waals surface area contributed by atoms with Gasteiger partial charge in [0.15, 0.2) is 0 Å². The number of amides is 1. The highest BCUT2D eigenvalue weighted by Gasteiger charge is 2.35. The van der Waals surface area contributed by atoms with E-state index in [1.807, 2.05) is 18.2 Å². The number of aromatic amines is 1. The number of aliphatic hydroxyl groups excluding tert-OH is 1. The van der Waals surface area contributed by atoms with Gasteiger partial charge in [-0.15, -0.1) is 0 Å². The standard InChI is InChI=1S/C19H22N4O2/c24-17-9-15(18-21-11-22-23-18)8-16(17)10-20-19(25)14-6-5-12-3-1-2-4-13(12)7-14/h1,3,5-7,11,15-17,24H,2,4,8-10H2,(H,20,25)(H,21,22,23)/t15-,16+,17+/m1/s1. The van der Waals surface area contributed by atoms with Gasteiger partial charge in [0.05, 0.1) is 6.10 Å². The number of aromatic nitrogens is 3. The third-order valence-corrected chi connectivity index (χ3v) is 5.29. The molecule has 2 aromatic rings. The first-order valence-electron chi connectivity index (χ1n) is 8.81. The van der Waals surface area contributed by atoms with Crippen molar-refractivity contribution in [1.29, 1.82) is 0 Å². The Kier molecular flexibility index (Phi) is 4.36. The van der Waals surface area contributed by atoms with E-state index in [1.165, 1.54) is 17.5 Å². The van der Waals surface area contributed by atoms with Crippen LogP contribution in [0.15, 0.2) is 30.6 Å². The van der Waals surface area contributed by atoms with Gasteiger partial charge in [-0.25, -0.2) is 4.98 Å². The molecular weight excluding hydrogens is 316 g/mol. The van der Waals surface area contributed by atoms with Gasteiger partial charge in [-0.3, -0.25) is 9.89 Å². The monoisotopic (exact) mass is 338 g/mol. The third kappa shape index (κ3) is 3.35. The molecule has 0 unspecified atom stereocenters. The molecule has 1 amide bonds. The second kappa shape index (κ2) is 6.80. The summed E-state index contributed by atoms with van der Waals surface area (Å²) in [6.07, 6.45) is 8.79. The summed E-state index contributed by atoms with van der Waals surface area (Å²) >= 11 is 0. The first-order valence-corrected chi connectivity index (χ1v) is 8.81. The van der Waals surface area contributed by atoms with Crippen molar-refractivity contribution in [3.8, 4) is 0 Å². The number of carbonyl (C=O) groups excluding carboxylic acids is 1. The normalized spacial score (nSPS) is 24.9. The first kappa shape index (κ1) is 16.0. The van der Waals surface area contributed by atoms with Crippen LogP contribution in [0, 0.1) is 5.92 Å².